The van der Waals surface area contributed by atoms with Gasteiger partial charge in [0.05, 0.1) is 47.8 Å². The van der Waals surface area contributed by atoms with Crippen molar-refractivity contribution in [3.8, 4) is 28.1 Å². The molecule has 52 heavy (non-hydrogen) atoms. The van der Waals surface area contributed by atoms with Gasteiger partial charge in [-0.15, -0.1) is 0 Å². The van der Waals surface area contributed by atoms with E-state index >= 15 is 0 Å². The number of piperidine rings is 1. The third-order valence-electron chi connectivity index (χ3n) is 9.81. The first-order valence-electron chi connectivity index (χ1n) is 18.4. The third kappa shape index (κ3) is 8.10. The van der Waals surface area contributed by atoms with Gasteiger partial charge in [0.1, 0.15) is 11.6 Å². The Bertz CT molecular complexity index is 1920. The first-order chi connectivity index (χ1) is 24.8. The molecule has 0 saturated carbocycles. The Hall–Kier alpha value is -4.48. The van der Waals surface area contributed by atoms with Crippen LogP contribution in [0.2, 0.25) is 0 Å². The van der Waals surface area contributed by atoms with Gasteiger partial charge in [0, 0.05) is 42.6 Å². The number of benzene rings is 2. The average molecular weight is 713 g/mol. The van der Waals surface area contributed by atoms with Crippen molar-refractivity contribution < 1.29 is 33.3 Å². The van der Waals surface area contributed by atoms with Crippen LogP contribution >= 0.6 is 0 Å². The molecule has 3 aliphatic rings. The second-order valence-corrected chi connectivity index (χ2v) is 15.1. The summed E-state index contributed by atoms with van der Waals surface area (Å²) in [6, 6.07) is 15.4. The van der Waals surface area contributed by atoms with E-state index in [1.807, 2.05) is 68.6 Å². The first-order valence-corrected chi connectivity index (χ1v) is 18.4. The topological polar surface area (TPSA) is 114 Å². The lowest BCUT2D eigenvalue weighted by atomic mass is 9.92. The van der Waals surface area contributed by atoms with E-state index < -0.39 is 23.6 Å². The maximum absolute atomic E-state index is 13.7. The molecule has 3 aliphatic heterocycles. The molecule has 2 aromatic carbocycles. The Kier molecular flexibility index (Phi) is 10.9. The van der Waals surface area contributed by atoms with Crippen LogP contribution < -0.4 is 9.64 Å². The molecule has 11 nitrogen and oxygen atoms in total. The van der Waals surface area contributed by atoms with Crippen molar-refractivity contribution in [3.05, 3.63) is 65.4 Å². The van der Waals surface area contributed by atoms with Crippen LogP contribution in [0.3, 0.4) is 0 Å². The highest BCUT2D eigenvalue weighted by molar-refractivity contribution is 5.92. The standard InChI is InChI=1S/C41H52N4O7/c1-9-49-39(47)36(52-40(4,5)6)35-27(3)42-34-25-32-29-15-12-14-28(23-29)31-24-30(38(46)48-8)16-17-33(31)51-26(2)13-10-11-22-50-41(7)18-20-44(21-19-41)37(35)45(34)43-32/h12,14-17,23-26,36H,9-11,13,18-22H2,1-8H3. The van der Waals surface area contributed by atoms with Gasteiger partial charge in [0.2, 0.25) is 0 Å². The van der Waals surface area contributed by atoms with E-state index in [-0.39, 0.29) is 18.3 Å². The van der Waals surface area contributed by atoms with E-state index in [2.05, 4.69) is 24.8 Å². The molecular formula is C41H52N4O7. The van der Waals surface area contributed by atoms with E-state index in [0.717, 1.165) is 54.6 Å². The molecule has 0 N–H and O–H groups in total. The van der Waals surface area contributed by atoms with E-state index in [1.165, 1.54) is 7.11 Å². The quantitative estimate of drug-likeness (QED) is 0.189. The molecule has 2 aromatic heterocycles. The summed E-state index contributed by atoms with van der Waals surface area (Å²) in [5, 5.41) is 5.17. The average Bonchev–Trinajstić information content (AvgIpc) is 3.53. The number of anilines is 1. The Morgan fingerprint density at radius 3 is 2.52 bits per heavy atom. The molecule has 0 aliphatic carbocycles. The zero-order valence-corrected chi connectivity index (χ0v) is 31.8. The minimum Gasteiger partial charge on any atom is -0.490 e. The van der Waals surface area contributed by atoms with Gasteiger partial charge in [-0.2, -0.15) is 9.61 Å². The summed E-state index contributed by atoms with van der Waals surface area (Å²) in [5.41, 5.74) is 4.68. The van der Waals surface area contributed by atoms with Crippen LogP contribution in [0, 0.1) is 6.92 Å². The van der Waals surface area contributed by atoms with Crippen molar-refractivity contribution in [3.63, 3.8) is 0 Å². The number of nitrogens with zero attached hydrogens (tertiary/aromatic N) is 4. The SMILES string of the molecule is CCOC(=O)C(OC(C)(C)C)c1c(C)nc2cc3nn2c1N1CCC(C)(CC1)OCCCCC(C)Oc1ccc(C(=O)OC)cc1-c1cccc-3c1. The number of carbonyl (C=O) groups is 2. The number of rotatable bonds is 5. The number of aryl methyl sites for hydroxylation is 1. The molecule has 7 rings (SSSR count). The lowest BCUT2D eigenvalue weighted by Gasteiger charge is -2.41. The highest BCUT2D eigenvalue weighted by Gasteiger charge is 2.38. The Labute approximate surface area is 306 Å². The van der Waals surface area contributed by atoms with Gasteiger partial charge in [0.25, 0.3) is 0 Å². The van der Waals surface area contributed by atoms with Crippen molar-refractivity contribution in [1.29, 1.82) is 0 Å². The number of fused-ring (bicyclic) bond motifs is 8. The number of hydrogen-bond acceptors (Lipinski definition) is 10. The summed E-state index contributed by atoms with van der Waals surface area (Å²) in [7, 11) is 1.38. The normalized spacial score (nSPS) is 20.2. The van der Waals surface area contributed by atoms with Crippen LogP contribution in [0.25, 0.3) is 28.0 Å². The lowest BCUT2D eigenvalue weighted by Crippen LogP contribution is -2.46. The van der Waals surface area contributed by atoms with Gasteiger partial charge in [-0.05, 0) is 110 Å². The molecule has 1 fully saturated rings. The van der Waals surface area contributed by atoms with Gasteiger partial charge >= 0.3 is 11.9 Å². The van der Waals surface area contributed by atoms with Gasteiger partial charge in [-0.3, -0.25) is 0 Å². The van der Waals surface area contributed by atoms with E-state index in [1.54, 1.807) is 13.0 Å². The predicted octanol–water partition coefficient (Wildman–Crippen LogP) is 7.90. The second-order valence-electron chi connectivity index (χ2n) is 15.1. The molecule has 5 heterocycles. The number of aromatic nitrogens is 3. The van der Waals surface area contributed by atoms with Gasteiger partial charge in [-0.1, -0.05) is 18.2 Å². The first kappa shape index (κ1) is 37.3. The number of carbonyl (C=O) groups excluding carboxylic acids is 2. The second kappa shape index (κ2) is 15.2. The third-order valence-corrected chi connectivity index (χ3v) is 9.81. The molecule has 6 bridgehead atoms. The highest BCUT2D eigenvalue weighted by Crippen LogP contribution is 2.40. The van der Waals surface area contributed by atoms with Gasteiger partial charge in [0.15, 0.2) is 11.8 Å². The molecule has 2 atom stereocenters. The summed E-state index contributed by atoms with van der Waals surface area (Å²) >= 11 is 0. The van der Waals surface area contributed by atoms with Crippen molar-refractivity contribution in [2.45, 2.75) is 104 Å². The zero-order chi connectivity index (χ0) is 37.2. The minimum atomic E-state index is -1.01. The lowest BCUT2D eigenvalue weighted by molar-refractivity contribution is -0.166. The van der Waals surface area contributed by atoms with Gasteiger partial charge in [-0.25, -0.2) is 14.6 Å². The molecule has 0 spiro atoms. The molecule has 0 radical (unpaired) electrons. The molecule has 11 heteroatoms. The summed E-state index contributed by atoms with van der Waals surface area (Å²) in [5.74, 6) is 0.567. The Morgan fingerprint density at radius 2 is 1.81 bits per heavy atom. The highest BCUT2D eigenvalue weighted by atomic mass is 16.6. The number of ether oxygens (including phenoxy) is 5. The Balaban J connectivity index is 1.55. The molecule has 4 aromatic rings. The number of methoxy groups -OCH3 is 1. The maximum Gasteiger partial charge on any atom is 0.340 e. The van der Waals surface area contributed by atoms with Crippen LogP contribution in [0.15, 0.2) is 48.5 Å². The fourth-order valence-electron chi connectivity index (χ4n) is 7.08. The van der Waals surface area contributed by atoms with Crippen LogP contribution in [-0.4, -0.2) is 77.3 Å². The smallest absolute Gasteiger partial charge is 0.340 e. The molecule has 278 valence electrons. The van der Waals surface area contributed by atoms with Crippen LogP contribution in [0.4, 0.5) is 5.82 Å². The van der Waals surface area contributed by atoms with Gasteiger partial charge < -0.3 is 28.6 Å². The summed E-state index contributed by atoms with van der Waals surface area (Å²) in [4.78, 5) is 33.6. The monoisotopic (exact) mass is 712 g/mol. The van der Waals surface area contributed by atoms with Crippen LogP contribution in [0.1, 0.15) is 101 Å². The van der Waals surface area contributed by atoms with Crippen molar-refractivity contribution in [2.24, 2.45) is 0 Å². The van der Waals surface area contributed by atoms with Crippen molar-refractivity contribution >= 4 is 23.4 Å². The molecular weight excluding hydrogens is 660 g/mol. The number of esters is 2. The van der Waals surface area contributed by atoms with E-state index in [4.69, 9.17) is 33.8 Å². The van der Waals surface area contributed by atoms with Crippen LogP contribution in [0.5, 0.6) is 5.75 Å². The molecule has 1 saturated heterocycles. The summed E-state index contributed by atoms with van der Waals surface area (Å²) in [6.07, 6.45) is 3.28. The summed E-state index contributed by atoms with van der Waals surface area (Å²) in [6.45, 7) is 16.1. The summed E-state index contributed by atoms with van der Waals surface area (Å²) < 4.78 is 32.1. The van der Waals surface area contributed by atoms with Crippen LogP contribution in [-0.2, 0) is 23.7 Å². The number of hydrogen-bond donors (Lipinski definition) is 0. The zero-order valence-electron chi connectivity index (χ0n) is 31.8. The van der Waals surface area contributed by atoms with Crippen molar-refractivity contribution in [2.75, 3.05) is 38.3 Å². The Morgan fingerprint density at radius 1 is 1.06 bits per heavy atom. The maximum atomic E-state index is 13.7. The van der Waals surface area contributed by atoms with E-state index in [0.29, 0.717) is 53.6 Å². The predicted molar refractivity (Wildman–Crippen MR) is 200 cm³/mol. The largest absolute Gasteiger partial charge is 0.490 e. The van der Waals surface area contributed by atoms with E-state index in [9.17, 15) is 9.59 Å². The molecule has 2 unspecified atom stereocenters. The molecule has 0 amide bonds. The fourth-order valence-corrected chi connectivity index (χ4v) is 7.08. The fraction of sp³-hybridized carbons (Fsp3) is 0.512. The van der Waals surface area contributed by atoms with Crippen molar-refractivity contribution in [1.82, 2.24) is 14.6 Å². The minimum absolute atomic E-state index is 0.0450.